The summed E-state index contributed by atoms with van der Waals surface area (Å²) in [6.07, 6.45) is 3.77. The predicted octanol–water partition coefficient (Wildman–Crippen LogP) is 1.24. The summed E-state index contributed by atoms with van der Waals surface area (Å²) < 4.78 is 4.48. The number of carbonyl (C=O) groups excluding carboxylic acids is 1. The molecule has 0 spiro atoms. The van der Waals surface area contributed by atoms with E-state index in [0.717, 1.165) is 0 Å². The zero-order valence-electron chi connectivity index (χ0n) is 7.16. The highest BCUT2D eigenvalue weighted by molar-refractivity contribution is 6.30. The third-order valence-corrected chi connectivity index (χ3v) is 1.65. The van der Waals surface area contributed by atoms with Gasteiger partial charge < -0.3 is 4.74 Å². The number of hydrogen-bond acceptors (Lipinski definition) is 4. The first kappa shape index (κ1) is 9.92. The molecular formula is C8H9ClN2O2. The second kappa shape index (κ2) is 4.77. The van der Waals surface area contributed by atoms with Crippen LogP contribution in [0.1, 0.15) is 12.2 Å². The molecule has 1 aromatic rings. The van der Waals surface area contributed by atoms with E-state index in [1.165, 1.54) is 19.5 Å². The van der Waals surface area contributed by atoms with Gasteiger partial charge in [-0.25, -0.2) is 9.97 Å². The van der Waals surface area contributed by atoms with E-state index in [1.54, 1.807) is 0 Å². The quantitative estimate of drug-likeness (QED) is 0.689. The molecule has 0 bridgehead atoms. The van der Waals surface area contributed by atoms with E-state index in [1.807, 2.05) is 0 Å². The SMILES string of the molecule is COC(=O)CCc1ncc(Cl)cn1. The van der Waals surface area contributed by atoms with Crippen LogP contribution in [0.15, 0.2) is 12.4 Å². The normalized spacial score (nSPS) is 9.69. The Hall–Kier alpha value is -1.16. The zero-order valence-corrected chi connectivity index (χ0v) is 7.91. The smallest absolute Gasteiger partial charge is 0.305 e. The van der Waals surface area contributed by atoms with Gasteiger partial charge in [0, 0.05) is 18.8 Å². The number of nitrogens with zero attached hydrogens (tertiary/aromatic N) is 2. The van der Waals surface area contributed by atoms with E-state index in [9.17, 15) is 4.79 Å². The van der Waals surface area contributed by atoms with Crippen molar-refractivity contribution >= 4 is 17.6 Å². The number of hydrogen-bond donors (Lipinski definition) is 0. The Kier molecular flexibility index (Phi) is 3.64. The molecule has 0 aliphatic carbocycles. The summed E-state index contributed by atoms with van der Waals surface area (Å²) in [5, 5.41) is 0.488. The summed E-state index contributed by atoms with van der Waals surface area (Å²) in [6.45, 7) is 0. The minimum atomic E-state index is -0.265. The van der Waals surface area contributed by atoms with Crippen LogP contribution in [-0.4, -0.2) is 23.0 Å². The summed E-state index contributed by atoms with van der Waals surface area (Å²) in [4.78, 5) is 18.6. The molecule has 0 aliphatic rings. The van der Waals surface area contributed by atoms with Crippen LogP contribution < -0.4 is 0 Å². The third-order valence-electron chi connectivity index (χ3n) is 1.45. The molecule has 5 heteroatoms. The van der Waals surface area contributed by atoms with Gasteiger partial charge in [0.05, 0.1) is 18.6 Å². The largest absolute Gasteiger partial charge is 0.469 e. The standard InChI is InChI=1S/C8H9ClN2O2/c1-13-8(12)3-2-7-10-4-6(9)5-11-7/h4-5H,2-3H2,1H3. The van der Waals surface area contributed by atoms with E-state index < -0.39 is 0 Å². The Bertz CT molecular complexity index is 287. The maximum Gasteiger partial charge on any atom is 0.305 e. The van der Waals surface area contributed by atoms with Crippen molar-refractivity contribution in [2.75, 3.05) is 7.11 Å². The molecule has 70 valence electrons. The molecule has 0 amide bonds. The van der Waals surface area contributed by atoms with Crippen molar-refractivity contribution in [3.63, 3.8) is 0 Å². The van der Waals surface area contributed by atoms with Crippen molar-refractivity contribution in [3.05, 3.63) is 23.2 Å². The number of aromatic nitrogens is 2. The molecule has 0 aliphatic heterocycles. The number of halogens is 1. The second-order valence-electron chi connectivity index (χ2n) is 2.39. The summed E-state index contributed by atoms with van der Waals surface area (Å²) in [5.41, 5.74) is 0. The van der Waals surface area contributed by atoms with Crippen LogP contribution in [0.3, 0.4) is 0 Å². The van der Waals surface area contributed by atoms with Gasteiger partial charge in [-0.1, -0.05) is 11.6 Å². The summed E-state index contributed by atoms with van der Waals surface area (Å²) in [6, 6.07) is 0. The first-order valence-corrected chi connectivity index (χ1v) is 4.13. The minimum Gasteiger partial charge on any atom is -0.469 e. The number of rotatable bonds is 3. The first-order chi connectivity index (χ1) is 6.22. The zero-order chi connectivity index (χ0) is 9.68. The monoisotopic (exact) mass is 200 g/mol. The second-order valence-corrected chi connectivity index (χ2v) is 2.83. The molecule has 1 rings (SSSR count). The van der Waals surface area contributed by atoms with E-state index in [4.69, 9.17) is 11.6 Å². The van der Waals surface area contributed by atoms with Crippen LogP contribution in [-0.2, 0) is 16.0 Å². The van der Waals surface area contributed by atoms with E-state index >= 15 is 0 Å². The lowest BCUT2D eigenvalue weighted by molar-refractivity contribution is -0.140. The average Bonchev–Trinajstić information content (AvgIpc) is 2.16. The molecule has 0 saturated heterocycles. The Morgan fingerprint density at radius 1 is 1.54 bits per heavy atom. The van der Waals surface area contributed by atoms with Gasteiger partial charge >= 0.3 is 5.97 Å². The predicted molar refractivity (Wildman–Crippen MR) is 47.4 cm³/mol. The molecule has 0 radical (unpaired) electrons. The number of esters is 1. The van der Waals surface area contributed by atoms with Gasteiger partial charge in [-0.05, 0) is 0 Å². The van der Waals surface area contributed by atoms with Crippen molar-refractivity contribution in [2.24, 2.45) is 0 Å². The molecular weight excluding hydrogens is 192 g/mol. The molecule has 0 unspecified atom stereocenters. The molecule has 13 heavy (non-hydrogen) atoms. The number of aryl methyl sites for hydroxylation is 1. The van der Waals surface area contributed by atoms with Gasteiger partial charge in [0.1, 0.15) is 5.82 Å². The Balaban J connectivity index is 2.46. The fraction of sp³-hybridized carbons (Fsp3) is 0.375. The molecule has 0 aromatic carbocycles. The fourth-order valence-corrected chi connectivity index (χ4v) is 0.882. The molecule has 4 nitrogen and oxygen atoms in total. The van der Waals surface area contributed by atoms with Gasteiger partial charge in [-0.3, -0.25) is 4.79 Å². The summed E-state index contributed by atoms with van der Waals surface area (Å²) in [7, 11) is 1.35. The third kappa shape index (κ3) is 3.38. The highest BCUT2D eigenvalue weighted by Gasteiger charge is 2.02. The molecule has 0 fully saturated rings. The van der Waals surface area contributed by atoms with Gasteiger partial charge in [0.25, 0.3) is 0 Å². The fourth-order valence-electron chi connectivity index (χ4n) is 0.784. The number of methoxy groups -OCH3 is 1. The van der Waals surface area contributed by atoms with Crippen LogP contribution >= 0.6 is 11.6 Å². The van der Waals surface area contributed by atoms with E-state index in [0.29, 0.717) is 17.3 Å². The Morgan fingerprint density at radius 3 is 2.69 bits per heavy atom. The van der Waals surface area contributed by atoms with Crippen molar-refractivity contribution < 1.29 is 9.53 Å². The molecule has 0 atom stereocenters. The average molecular weight is 201 g/mol. The van der Waals surface area contributed by atoms with Crippen LogP contribution in [0, 0.1) is 0 Å². The van der Waals surface area contributed by atoms with Crippen LogP contribution in [0.5, 0.6) is 0 Å². The Morgan fingerprint density at radius 2 is 2.15 bits per heavy atom. The highest BCUT2D eigenvalue weighted by atomic mass is 35.5. The van der Waals surface area contributed by atoms with Gasteiger partial charge in [0.2, 0.25) is 0 Å². The lowest BCUT2D eigenvalue weighted by Gasteiger charge is -1.98. The van der Waals surface area contributed by atoms with Crippen molar-refractivity contribution in [1.29, 1.82) is 0 Å². The van der Waals surface area contributed by atoms with Gasteiger partial charge in [-0.2, -0.15) is 0 Å². The lowest BCUT2D eigenvalue weighted by Crippen LogP contribution is -2.04. The van der Waals surface area contributed by atoms with Crippen LogP contribution in [0.4, 0.5) is 0 Å². The maximum atomic E-state index is 10.7. The van der Waals surface area contributed by atoms with Gasteiger partial charge in [0.15, 0.2) is 0 Å². The first-order valence-electron chi connectivity index (χ1n) is 3.75. The highest BCUT2D eigenvalue weighted by Crippen LogP contribution is 2.04. The number of ether oxygens (including phenoxy) is 1. The van der Waals surface area contributed by atoms with Crippen molar-refractivity contribution in [1.82, 2.24) is 9.97 Å². The van der Waals surface area contributed by atoms with Crippen molar-refractivity contribution in [2.45, 2.75) is 12.8 Å². The maximum absolute atomic E-state index is 10.7. The molecule has 0 N–H and O–H groups in total. The van der Waals surface area contributed by atoms with E-state index in [-0.39, 0.29) is 12.4 Å². The van der Waals surface area contributed by atoms with Crippen molar-refractivity contribution in [3.8, 4) is 0 Å². The van der Waals surface area contributed by atoms with Crippen LogP contribution in [0.2, 0.25) is 5.02 Å². The molecule has 1 heterocycles. The summed E-state index contributed by atoms with van der Waals surface area (Å²) in [5.74, 6) is 0.327. The Labute approximate surface area is 80.9 Å². The molecule has 0 saturated carbocycles. The molecule has 1 aromatic heterocycles. The van der Waals surface area contributed by atoms with E-state index in [2.05, 4.69) is 14.7 Å². The topological polar surface area (TPSA) is 52.1 Å². The lowest BCUT2D eigenvalue weighted by atomic mass is 10.3. The van der Waals surface area contributed by atoms with Gasteiger partial charge in [-0.15, -0.1) is 0 Å². The van der Waals surface area contributed by atoms with Crippen LogP contribution in [0.25, 0.3) is 0 Å². The summed E-state index contributed by atoms with van der Waals surface area (Å²) >= 11 is 5.59. The number of carbonyl (C=O) groups is 1. The minimum absolute atomic E-state index is 0.265.